The van der Waals surface area contributed by atoms with Crippen LogP contribution < -0.4 is 0 Å². The standard InChI is InChI=1S/C34H44F2N4O4/c1-22(41)33(43)40(19-25-18-39(21-30(25)42)34(2,3)4)31(24-12-14-44-15-13-24)32-37-29(27-16-26(35)10-11-28(27)36)20-38(32)17-23-8-6-5-7-9-23/h5-11,16,20,22,24-25,30-31,41-42H,12-15,17-19,21H2,1-4H3/t22-,25-,30-,31+/m0/s1. The topological polar surface area (TPSA) is 91.1 Å². The Hall–Kier alpha value is -3.18. The van der Waals surface area contributed by atoms with Crippen molar-refractivity contribution in [3.63, 3.8) is 0 Å². The highest BCUT2D eigenvalue weighted by Gasteiger charge is 2.43. The maximum Gasteiger partial charge on any atom is 0.251 e. The molecule has 0 bridgehead atoms. The van der Waals surface area contributed by atoms with Gasteiger partial charge in [0.25, 0.3) is 5.91 Å². The van der Waals surface area contributed by atoms with Crippen molar-refractivity contribution in [2.24, 2.45) is 11.8 Å². The van der Waals surface area contributed by atoms with Gasteiger partial charge < -0.3 is 24.4 Å². The Morgan fingerprint density at radius 1 is 1.11 bits per heavy atom. The zero-order valence-electron chi connectivity index (χ0n) is 26.0. The number of imidazole rings is 1. The first-order valence-electron chi connectivity index (χ1n) is 15.5. The van der Waals surface area contributed by atoms with E-state index in [1.807, 2.05) is 34.9 Å². The summed E-state index contributed by atoms with van der Waals surface area (Å²) in [6.45, 7) is 10.4. The molecule has 0 radical (unpaired) electrons. The molecule has 4 atom stereocenters. The van der Waals surface area contributed by atoms with Crippen LogP contribution in [0.4, 0.5) is 8.78 Å². The molecule has 3 aromatic rings. The number of carbonyl (C=O) groups excluding carboxylic acids is 1. The van der Waals surface area contributed by atoms with Gasteiger partial charge in [-0.1, -0.05) is 30.3 Å². The molecule has 2 N–H and O–H groups in total. The van der Waals surface area contributed by atoms with Crippen LogP contribution in [0.5, 0.6) is 0 Å². The zero-order valence-corrected chi connectivity index (χ0v) is 26.0. The number of likely N-dealkylation sites (tertiary alicyclic amines) is 1. The van der Waals surface area contributed by atoms with Crippen LogP contribution in [0.3, 0.4) is 0 Å². The summed E-state index contributed by atoms with van der Waals surface area (Å²) >= 11 is 0. The summed E-state index contributed by atoms with van der Waals surface area (Å²) in [6, 6.07) is 12.4. The summed E-state index contributed by atoms with van der Waals surface area (Å²) in [5, 5.41) is 21.8. The summed E-state index contributed by atoms with van der Waals surface area (Å²) in [7, 11) is 0. The molecule has 238 valence electrons. The van der Waals surface area contributed by atoms with E-state index in [0.29, 0.717) is 51.5 Å². The minimum Gasteiger partial charge on any atom is -0.391 e. The molecule has 0 saturated carbocycles. The third-order valence-electron chi connectivity index (χ3n) is 8.95. The van der Waals surface area contributed by atoms with Crippen molar-refractivity contribution in [2.75, 3.05) is 32.8 Å². The highest BCUT2D eigenvalue weighted by Crippen LogP contribution is 2.39. The molecular weight excluding hydrogens is 566 g/mol. The fourth-order valence-electron chi connectivity index (χ4n) is 6.45. The maximum absolute atomic E-state index is 15.1. The number of hydrogen-bond acceptors (Lipinski definition) is 6. The minimum atomic E-state index is -1.28. The molecule has 2 saturated heterocycles. The van der Waals surface area contributed by atoms with E-state index in [1.165, 1.54) is 6.92 Å². The lowest BCUT2D eigenvalue weighted by atomic mass is 9.88. The number of aliphatic hydroxyl groups excluding tert-OH is 2. The van der Waals surface area contributed by atoms with Crippen molar-refractivity contribution in [3.05, 3.63) is 77.8 Å². The average Bonchev–Trinajstić information content (AvgIpc) is 3.57. The first-order valence-corrected chi connectivity index (χ1v) is 15.5. The summed E-state index contributed by atoms with van der Waals surface area (Å²) in [6.07, 6.45) is 1.07. The van der Waals surface area contributed by atoms with Gasteiger partial charge in [0.1, 0.15) is 23.6 Å². The molecule has 1 amide bonds. The van der Waals surface area contributed by atoms with Crippen molar-refractivity contribution in [1.29, 1.82) is 0 Å². The molecular formula is C34H44F2N4O4. The number of aromatic nitrogens is 2. The minimum absolute atomic E-state index is 0.0317. The molecule has 5 rings (SSSR count). The molecule has 2 aliphatic rings. The highest BCUT2D eigenvalue weighted by molar-refractivity contribution is 5.80. The van der Waals surface area contributed by atoms with Crippen LogP contribution in [0.15, 0.2) is 54.7 Å². The summed E-state index contributed by atoms with van der Waals surface area (Å²) in [5.74, 6) is -1.45. The molecule has 0 spiro atoms. The summed E-state index contributed by atoms with van der Waals surface area (Å²) in [5.41, 5.74) is 1.10. The lowest BCUT2D eigenvalue weighted by Gasteiger charge is -2.40. The van der Waals surface area contributed by atoms with Crippen LogP contribution in [-0.2, 0) is 16.1 Å². The summed E-state index contributed by atoms with van der Waals surface area (Å²) < 4.78 is 37.0. The number of β-amino-alcohol motifs (C(OH)–C–C–N with tert-alkyl or cyclic N) is 1. The van der Waals surface area contributed by atoms with Crippen molar-refractivity contribution in [3.8, 4) is 11.3 Å². The number of hydrogen-bond donors (Lipinski definition) is 2. The number of aliphatic hydroxyl groups is 2. The van der Waals surface area contributed by atoms with E-state index in [2.05, 4.69) is 25.7 Å². The van der Waals surface area contributed by atoms with Crippen molar-refractivity contribution in [1.82, 2.24) is 19.4 Å². The Balaban J connectivity index is 1.63. The van der Waals surface area contributed by atoms with Gasteiger partial charge in [-0.2, -0.15) is 0 Å². The van der Waals surface area contributed by atoms with Crippen molar-refractivity contribution < 1.29 is 28.5 Å². The first-order chi connectivity index (χ1) is 20.9. The normalized spacial score (nSPS) is 21.4. The van der Waals surface area contributed by atoms with E-state index in [9.17, 15) is 19.4 Å². The van der Waals surface area contributed by atoms with E-state index in [-0.39, 0.29) is 35.2 Å². The second-order valence-electron chi connectivity index (χ2n) is 13.2. The number of halogens is 2. The number of carbonyl (C=O) groups is 1. The van der Waals surface area contributed by atoms with Crippen LogP contribution in [0.1, 0.15) is 58.0 Å². The van der Waals surface area contributed by atoms with Gasteiger partial charge in [0.05, 0.1) is 17.8 Å². The number of benzene rings is 2. The molecule has 2 fully saturated rings. The monoisotopic (exact) mass is 610 g/mol. The first kappa shape index (κ1) is 32.2. The molecule has 2 aliphatic heterocycles. The average molecular weight is 611 g/mol. The number of rotatable bonds is 9. The Morgan fingerprint density at radius 3 is 2.45 bits per heavy atom. The van der Waals surface area contributed by atoms with Gasteiger partial charge in [0.15, 0.2) is 0 Å². The molecule has 3 heterocycles. The Bertz CT molecular complexity index is 1420. The molecule has 8 nitrogen and oxygen atoms in total. The number of nitrogens with zero attached hydrogens (tertiary/aromatic N) is 4. The van der Waals surface area contributed by atoms with Crippen LogP contribution >= 0.6 is 0 Å². The number of amides is 1. The maximum atomic E-state index is 15.1. The fraction of sp³-hybridized carbons (Fsp3) is 0.529. The van der Waals surface area contributed by atoms with E-state index in [0.717, 1.165) is 23.8 Å². The SMILES string of the molecule is C[C@H](O)C(=O)N(C[C@@H]1CN(C(C)(C)C)C[C@@H]1O)[C@@H](c1nc(-c2cc(F)ccc2F)cn1Cc1ccccc1)C1CCOCC1. The lowest BCUT2D eigenvalue weighted by Crippen LogP contribution is -2.48. The molecule has 10 heteroatoms. The Kier molecular flexibility index (Phi) is 9.84. The van der Waals surface area contributed by atoms with Gasteiger partial charge in [0, 0.05) is 62.6 Å². The third kappa shape index (κ3) is 7.20. The summed E-state index contributed by atoms with van der Waals surface area (Å²) in [4.78, 5) is 22.7. The van der Waals surface area contributed by atoms with Gasteiger partial charge >= 0.3 is 0 Å². The smallest absolute Gasteiger partial charge is 0.251 e. The lowest BCUT2D eigenvalue weighted by molar-refractivity contribution is -0.145. The third-order valence-corrected chi connectivity index (χ3v) is 8.95. The second kappa shape index (κ2) is 13.4. The van der Waals surface area contributed by atoms with E-state index < -0.39 is 35.8 Å². The van der Waals surface area contributed by atoms with Gasteiger partial charge in [-0.3, -0.25) is 9.69 Å². The fourth-order valence-corrected chi connectivity index (χ4v) is 6.45. The van der Waals surface area contributed by atoms with Crippen LogP contribution in [-0.4, -0.2) is 86.1 Å². The van der Waals surface area contributed by atoms with Crippen molar-refractivity contribution >= 4 is 5.91 Å². The van der Waals surface area contributed by atoms with Crippen LogP contribution in [0.25, 0.3) is 11.3 Å². The molecule has 2 aromatic carbocycles. The molecule has 0 aliphatic carbocycles. The van der Waals surface area contributed by atoms with E-state index in [1.54, 1.807) is 11.1 Å². The zero-order chi connectivity index (χ0) is 31.6. The predicted octanol–water partition coefficient (Wildman–Crippen LogP) is 4.64. The Labute approximate surface area is 258 Å². The molecule has 44 heavy (non-hydrogen) atoms. The predicted molar refractivity (Wildman–Crippen MR) is 164 cm³/mol. The molecule has 1 aromatic heterocycles. The molecule has 0 unspecified atom stereocenters. The number of ether oxygens (including phenoxy) is 1. The van der Waals surface area contributed by atoms with Gasteiger partial charge in [-0.05, 0) is 70.2 Å². The largest absolute Gasteiger partial charge is 0.391 e. The van der Waals surface area contributed by atoms with Gasteiger partial charge in [-0.25, -0.2) is 13.8 Å². The van der Waals surface area contributed by atoms with Crippen LogP contribution in [0.2, 0.25) is 0 Å². The Morgan fingerprint density at radius 2 is 1.82 bits per heavy atom. The second-order valence-corrected chi connectivity index (χ2v) is 13.2. The van der Waals surface area contributed by atoms with E-state index in [4.69, 9.17) is 9.72 Å². The van der Waals surface area contributed by atoms with Gasteiger partial charge in [-0.15, -0.1) is 0 Å². The van der Waals surface area contributed by atoms with Crippen LogP contribution in [0, 0.1) is 23.5 Å². The quantitative estimate of drug-likeness (QED) is 0.367. The van der Waals surface area contributed by atoms with Gasteiger partial charge in [0.2, 0.25) is 0 Å². The van der Waals surface area contributed by atoms with Crippen molar-refractivity contribution in [2.45, 2.75) is 70.9 Å². The van der Waals surface area contributed by atoms with E-state index >= 15 is 4.39 Å². The highest BCUT2D eigenvalue weighted by atomic mass is 19.1.